The van der Waals surface area contributed by atoms with Crippen molar-refractivity contribution in [2.45, 2.75) is 90.9 Å². The lowest BCUT2D eigenvalue weighted by molar-refractivity contribution is 0.190. The van der Waals surface area contributed by atoms with E-state index in [9.17, 15) is 0 Å². The van der Waals surface area contributed by atoms with Gasteiger partial charge >= 0.3 is 0 Å². The molecule has 1 aromatic carbocycles. The SMILES string of the molecule is CCCCCC1CCCCC1CCCOc1ccc(-c2ccc(CCC)cn2)cc1. The molecule has 2 unspecified atom stereocenters. The van der Waals surface area contributed by atoms with Gasteiger partial charge in [-0.1, -0.05) is 77.7 Å². The van der Waals surface area contributed by atoms with Crippen molar-refractivity contribution in [2.24, 2.45) is 11.8 Å². The number of benzene rings is 1. The summed E-state index contributed by atoms with van der Waals surface area (Å²) in [4.78, 5) is 4.62. The fraction of sp³-hybridized carbons (Fsp3) is 0.607. The summed E-state index contributed by atoms with van der Waals surface area (Å²) in [5, 5.41) is 0. The van der Waals surface area contributed by atoms with E-state index in [1.807, 2.05) is 6.20 Å². The lowest BCUT2D eigenvalue weighted by Gasteiger charge is -2.31. The second kappa shape index (κ2) is 12.8. The molecule has 3 rings (SSSR count). The Bertz CT molecular complexity index is 706. The lowest BCUT2D eigenvalue weighted by atomic mass is 9.74. The molecule has 2 aromatic rings. The summed E-state index contributed by atoms with van der Waals surface area (Å²) in [5.74, 6) is 2.88. The van der Waals surface area contributed by atoms with Crippen molar-refractivity contribution in [3.05, 3.63) is 48.2 Å². The molecule has 2 nitrogen and oxygen atoms in total. The Labute approximate surface area is 184 Å². The molecule has 1 heterocycles. The van der Waals surface area contributed by atoms with Crippen molar-refractivity contribution < 1.29 is 4.74 Å². The summed E-state index contributed by atoms with van der Waals surface area (Å²) >= 11 is 0. The molecule has 1 aromatic heterocycles. The predicted molar refractivity (Wildman–Crippen MR) is 128 cm³/mol. The maximum atomic E-state index is 6.05. The van der Waals surface area contributed by atoms with Gasteiger partial charge in [0.25, 0.3) is 0 Å². The molecular weight excluding hydrogens is 366 g/mol. The first-order valence-electron chi connectivity index (χ1n) is 12.5. The second-order valence-corrected chi connectivity index (χ2v) is 9.12. The molecule has 2 atom stereocenters. The third kappa shape index (κ3) is 7.15. The van der Waals surface area contributed by atoms with Crippen molar-refractivity contribution in [3.8, 4) is 17.0 Å². The molecular formula is C28H41NO. The van der Waals surface area contributed by atoms with Crippen LogP contribution >= 0.6 is 0 Å². The van der Waals surface area contributed by atoms with Gasteiger partial charge in [0.15, 0.2) is 0 Å². The van der Waals surface area contributed by atoms with Crippen LogP contribution in [0, 0.1) is 11.8 Å². The quantitative estimate of drug-likeness (QED) is 0.330. The van der Waals surface area contributed by atoms with Crippen LogP contribution in [0.5, 0.6) is 5.75 Å². The van der Waals surface area contributed by atoms with Gasteiger partial charge in [-0.15, -0.1) is 0 Å². The third-order valence-electron chi connectivity index (χ3n) is 6.75. The van der Waals surface area contributed by atoms with Crippen molar-refractivity contribution in [1.82, 2.24) is 4.98 Å². The zero-order valence-electron chi connectivity index (χ0n) is 19.2. The molecule has 1 saturated carbocycles. The predicted octanol–water partition coefficient (Wildman–Crippen LogP) is 8.25. The van der Waals surface area contributed by atoms with Gasteiger partial charge in [-0.25, -0.2) is 0 Å². The Balaban J connectivity index is 1.41. The molecule has 0 aliphatic heterocycles. The van der Waals surface area contributed by atoms with Gasteiger partial charge in [0.2, 0.25) is 0 Å². The molecule has 0 bridgehead atoms. The minimum absolute atomic E-state index is 0.835. The summed E-state index contributed by atoms with van der Waals surface area (Å²) in [6.45, 7) is 5.34. The van der Waals surface area contributed by atoms with Crippen LogP contribution in [0.25, 0.3) is 11.3 Å². The van der Waals surface area contributed by atoms with Crippen LogP contribution in [-0.2, 0) is 6.42 Å². The molecule has 1 fully saturated rings. The average molecular weight is 408 g/mol. The van der Waals surface area contributed by atoms with Crippen LogP contribution < -0.4 is 4.74 Å². The van der Waals surface area contributed by atoms with Crippen LogP contribution in [0.15, 0.2) is 42.6 Å². The Kier molecular flexibility index (Phi) is 9.73. The van der Waals surface area contributed by atoms with E-state index in [4.69, 9.17) is 4.74 Å². The number of hydrogen-bond acceptors (Lipinski definition) is 2. The topological polar surface area (TPSA) is 22.1 Å². The Morgan fingerprint density at radius 2 is 1.57 bits per heavy atom. The highest BCUT2D eigenvalue weighted by molar-refractivity contribution is 5.60. The molecule has 1 aliphatic carbocycles. The van der Waals surface area contributed by atoms with Crippen molar-refractivity contribution in [3.63, 3.8) is 0 Å². The minimum Gasteiger partial charge on any atom is -0.494 e. The van der Waals surface area contributed by atoms with Gasteiger partial charge in [-0.05, 0) is 67.0 Å². The van der Waals surface area contributed by atoms with E-state index in [0.29, 0.717) is 0 Å². The largest absolute Gasteiger partial charge is 0.494 e. The number of unbranched alkanes of at least 4 members (excludes halogenated alkanes) is 2. The van der Waals surface area contributed by atoms with E-state index in [0.717, 1.165) is 48.3 Å². The molecule has 30 heavy (non-hydrogen) atoms. The molecule has 0 spiro atoms. The highest BCUT2D eigenvalue weighted by Gasteiger charge is 2.24. The van der Waals surface area contributed by atoms with Crippen molar-refractivity contribution >= 4 is 0 Å². The van der Waals surface area contributed by atoms with Crippen LogP contribution in [0.4, 0.5) is 0 Å². The van der Waals surface area contributed by atoms with Gasteiger partial charge in [0.05, 0.1) is 12.3 Å². The van der Waals surface area contributed by atoms with Crippen LogP contribution in [0.2, 0.25) is 0 Å². The highest BCUT2D eigenvalue weighted by atomic mass is 16.5. The molecule has 0 N–H and O–H groups in total. The Morgan fingerprint density at radius 1 is 0.833 bits per heavy atom. The molecule has 164 valence electrons. The van der Waals surface area contributed by atoms with Crippen molar-refractivity contribution in [1.29, 1.82) is 0 Å². The molecule has 0 saturated heterocycles. The minimum atomic E-state index is 0.835. The highest BCUT2D eigenvalue weighted by Crippen LogP contribution is 2.36. The number of hydrogen-bond donors (Lipinski definition) is 0. The second-order valence-electron chi connectivity index (χ2n) is 9.12. The molecule has 2 heteroatoms. The molecule has 1 aliphatic rings. The van der Waals surface area contributed by atoms with Gasteiger partial charge in [-0.2, -0.15) is 0 Å². The maximum absolute atomic E-state index is 6.05. The third-order valence-corrected chi connectivity index (χ3v) is 6.75. The van der Waals surface area contributed by atoms with E-state index in [2.05, 4.69) is 55.2 Å². The molecule has 0 amide bonds. The first kappa shape index (κ1) is 22.8. The summed E-state index contributed by atoms with van der Waals surface area (Å²) < 4.78 is 6.05. The summed E-state index contributed by atoms with van der Waals surface area (Å²) in [6.07, 6.45) is 18.2. The summed E-state index contributed by atoms with van der Waals surface area (Å²) in [6, 6.07) is 12.7. The lowest BCUT2D eigenvalue weighted by Crippen LogP contribution is -2.20. The summed E-state index contributed by atoms with van der Waals surface area (Å²) in [5.41, 5.74) is 3.50. The van der Waals surface area contributed by atoms with Gasteiger partial charge in [0, 0.05) is 11.8 Å². The molecule has 0 radical (unpaired) electrons. The van der Waals surface area contributed by atoms with E-state index in [-0.39, 0.29) is 0 Å². The summed E-state index contributed by atoms with van der Waals surface area (Å²) in [7, 11) is 0. The first-order chi connectivity index (χ1) is 14.8. The normalized spacial score (nSPS) is 19.0. The number of aromatic nitrogens is 1. The number of pyridine rings is 1. The fourth-order valence-corrected chi connectivity index (χ4v) is 4.99. The number of nitrogens with zero attached hydrogens (tertiary/aromatic N) is 1. The van der Waals surface area contributed by atoms with Crippen LogP contribution in [0.3, 0.4) is 0 Å². The Hall–Kier alpha value is -1.83. The fourth-order valence-electron chi connectivity index (χ4n) is 4.99. The van der Waals surface area contributed by atoms with Gasteiger partial charge < -0.3 is 4.74 Å². The smallest absolute Gasteiger partial charge is 0.119 e. The monoisotopic (exact) mass is 407 g/mol. The first-order valence-corrected chi connectivity index (χ1v) is 12.5. The van der Waals surface area contributed by atoms with Crippen LogP contribution in [-0.4, -0.2) is 11.6 Å². The standard InChI is InChI=1S/C28H41NO/c1-3-5-6-11-24-12-7-8-13-25(24)14-9-21-30-27-18-16-26(17-19-27)28-20-15-23(10-4-2)22-29-28/h15-20,22,24-25H,3-14,21H2,1-2H3. The van der Waals surface area contributed by atoms with Gasteiger partial charge in [0.1, 0.15) is 5.75 Å². The van der Waals surface area contributed by atoms with E-state index in [1.165, 1.54) is 69.8 Å². The van der Waals surface area contributed by atoms with Crippen LogP contribution in [0.1, 0.15) is 90.0 Å². The van der Waals surface area contributed by atoms with E-state index >= 15 is 0 Å². The zero-order valence-corrected chi connectivity index (χ0v) is 19.2. The number of rotatable bonds is 12. The zero-order chi connectivity index (χ0) is 21.0. The number of ether oxygens (including phenoxy) is 1. The number of aryl methyl sites for hydroxylation is 1. The van der Waals surface area contributed by atoms with E-state index < -0.39 is 0 Å². The van der Waals surface area contributed by atoms with Gasteiger partial charge in [-0.3, -0.25) is 4.98 Å². The maximum Gasteiger partial charge on any atom is 0.119 e. The Morgan fingerprint density at radius 3 is 2.20 bits per heavy atom. The average Bonchev–Trinajstić information content (AvgIpc) is 2.79. The van der Waals surface area contributed by atoms with Crippen molar-refractivity contribution in [2.75, 3.05) is 6.61 Å². The van der Waals surface area contributed by atoms with E-state index in [1.54, 1.807) is 0 Å².